The Morgan fingerprint density at radius 2 is 1.88 bits per heavy atom. The van der Waals surface area contributed by atoms with Crippen LogP contribution in [0.2, 0.25) is 0 Å². The second-order valence-corrected chi connectivity index (χ2v) is 7.61. The lowest BCUT2D eigenvalue weighted by molar-refractivity contribution is -0.120. The molecule has 134 valence electrons. The minimum absolute atomic E-state index is 0.0284. The molecule has 3 rings (SSSR count). The molecular formula is C14H17N5O5S. The highest BCUT2D eigenvalue weighted by molar-refractivity contribution is 7.88. The molecule has 0 bridgehead atoms. The molecule has 10 nitrogen and oxygen atoms in total. The molecule has 2 aliphatic heterocycles. The lowest BCUT2D eigenvalue weighted by atomic mass is 10.3. The summed E-state index contributed by atoms with van der Waals surface area (Å²) in [7, 11) is -3.72. The van der Waals surface area contributed by atoms with E-state index in [9.17, 15) is 22.8 Å². The molecular weight excluding hydrogens is 350 g/mol. The van der Waals surface area contributed by atoms with Crippen molar-refractivity contribution < 1.29 is 22.8 Å². The quantitative estimate of drug-likeness (QED) is 0.700. The number of carbonyl (C=O) groups is 3. The summed E-state index contributed by atoms with van der Waals surface area (Å²) < 4.78 is 23.7. The summed E-state index contributed by atoms with van der Waals surface area (Å²) in [4.78, 5) is 44.6. The minimum atomic E-state index is -3.72. The second-order valence-electron chi connectivity index (χ2n) is 5.71. The van der Waals surface area contributed by atoms with E-state index >= 15 is 0 Å². The van der Waals surface area contributed by atoms with Crippen LogP contribution in [0.5, 0.6) is 0 Å². The maximum absolute atomic E-state index is 12.5. The normalized spacial score (nSPS) is 18.9. The van der Waals surface area contributed by atoms with E-state index in [1.165, 1.54) is 9.80 Å². The van der Waals surface area contributed by atoms with Gasteiger partial charge in [-0.05, 0) is 12.1 Å². The molecule has 2 saturated heterocycles. The number of hydrogen-bond acceptors (Lipinski definition) is 6. The van der Waals surface area contributed by atoms with Crippen LogP contribution in [-0.4, -0.2) is 84.5 Å². The zero-order valence-electron chi connectivity index (χ0n) is 13.5. The van der Waals surface area contributed by atoms with E-state index in [0.29, 0.717) is 10.1 Å². The number of amides is 5. The van der Waals surface area contributed by atoms with Crippen molar-refractivity contribution in [3.63, 3.8) is 0 Å². The Kier molecular flexibility index (Phi) is 4.33. The van der Waals surface area contributed by atoms with Crippen LogP contribution >= 0.6 is 0 Å². The number of piperazine rings is 1. The lowest BCUT2D eigenvalue weighted by Gasteiger charge is -2.35. The third-order valence-electron chi connectivity index (χ3n) is 4.02. The average molecular weight is 367 g/mol. The van der Waals surface area contributed by atoms with Crippen molar-refractivity contribution in [3.05, 3.63) is 24.4 Å². The summed E-state index contributed by atoms with van der Waals surface area (Å²) in [6.07, 6.45) is 2.48. The Hall–Kier alpha value is -2.69. The number of nitrogens with zero attached hydrogens (tertiary/aromatic N) is 5. The Labute approximate surface area is 144 Å². The molecule has 0 atom stereocenters. The molecule has 1 aromatic rings. The average Bonchev–Trinajstić information content (AvgIpc) is 2.96. The van der Waals surface area contributed by atoms with Gasteiger partial charge in [0.05, 0.1) is 19.3 Å². The standard InChI is InChI=1S/C14H17N5O5S/c1-25(23,24)19-9-8-18(14(19)22)13(21)16-6-7-17(12(20)10-16)11-4-2-3-5-15-11/h2-5H,6-10H2,1H3. The van der Waals surface area contributed by atoms with E-state index < -0.39 is 22.1 Å². The van der Waals surface area contributed by atoms with E-state index in [2.05, 4.69) is 4.98 Å². The zero-order chi connectivity index (χ0) is 18.2. The number of imide groups is 1. The highest BCUT2D eigenvalue weighted by atomic mass is 32.2. The smallest absolute Gasteiger partial charge is 0.313 e. The van der Waals surface area contributed by atoms with Gasteiger partial charge in [0.2, 0.25) is 15.9 Å². The van der Waals surface area contributed by atoms with E-state index in [4.69, 9.17) is 0 Å². The molecule has 0 aromatic carbocycles. The maximum Gasteiger partial charge on any atom is 0.341 e. The molecule has 0 spiro atoms. The van der Waals surface area contributed by atoms with Crippen LogP contribution in [0.25, 0.3) is 0 Å². The van der Waals surface area contributed by atoms with Gasteiger partial charge in [-0.1, -0.05) is 6.07 Å². The first-order chi connectivity index (χ1) is 11.8. The third-order valence-corrected chi connectivity index (χ3v) is 5.16. The Morgan fingerprint density at radius 1 is 1.12 bits per heavy atom. The summed E-state index contributed by atoms with van der Waals surface area (Å²) in [5, 5.41) is 0. The van der Waals surface area contributed by atoms with Crippen molar-refractivity contribution >= 4 is 33.8 Å². The Bertz CT molecular complexity index is 812. The number of anilines is 1. The van der Waals surface area contributed by atoms with Crippen LogP contribution in [0.15, 0.2) is 24.4 Å². The summed E-state index contributed by atoms with van der Waals surface area (Å²) in [5.41, 5.74) is 0. The predicted octanol–water partition coefficient (Wildman–Crippen LogP) is -0.453. The van der Waals surface area contributed by atoms with Crippen molar-refractivity contribution in [2.24, 2.45) is 0 Å². The number of urea groups is 2. The molecule has 25 heavy (non-hydrogen) atoms. The molecule has 0 saturated carbocycles. The summed E-state index contributed by atoms with van der Waals surface area (Å²) in [6.45, 7) is 0.173. The lowest BCUT2D eigenvalue weighted by Crippen LogP contribution is -2.56. The first-order valence-corrected chi connectivity index (χ1v) is 9.43. The third kappa shape index (κ3) is 3.27. The highest BCUT2D eigenvalue weighted by Gasteiger charge is 2.41. The molecule has 2 fully saturated rings. The van der Waals surface area contributed by atoms with Crippen LogP contribution in [0.3, 0.4) is 0 Å². The van der Waals surface area contributed by atoms with Gasteiger partial charge in [-0.25, -0.2) is 32.2 Å². The van der Waals surface area contributed by atoms with E-state index in [1.54, 1.807) is 24.4 Å². The number of rotatable bonds is 2. The van der Waals surface area contributed by atoms with Crippen molar-refractivity contribution in [3.8, 4) is 0 Å². The fourth-order valence-corrected chi connectivity index (χ4v) is 3.56. The van der Waals surface area contributed by atoms with Gasteiger partial charge in [0.1, 0.15) is 12.4 Å². The minimum Gasteiger partial charge on any atom is -0.313 e. The van der Waals surface area contributed by atoms with Crippen LogP contribution in [0, 0.1) is 0 Å². The van der Waals surface area contributed by atoms with Gasteiger partial charge in [0.15, 0.2) is 0 Å². The number of sulfonamides is 1. The first kappa shape index (κ1) is 17.1. The molecule has 0 unspecified atom stereocenters. The summed E-state index contributed by atoms with van der Waals surface area (Å²) in [6, 6.07) is 3.65. The van der Waals surface area contributed by atoms with Gasteiger partial charge in [-0.3, -0.25) is 9.69 Å². The number of hydrogen-bond donors (Lipinski definition) is 0. The number of pyridine rings is 1. The van der Waals surface area contributed by atoms with E-state index in [-0.39, 0.29) is 38.6 Å². The largest absolute Gasteiger partial charge is 0.341 e. The van der Waals surface area contributed by atoms with Crippen LogP contribution in [-0.2, 0) is 14.8 Å². The molecule has 5 amide bonds. The zero-order valence-corrected chi connectivity index (χ0v) is 14.3. The summed E-state index contributed by atoms with van der Waals surface area (Å²) >= 11 is 0. The van der Waals surface area contributed by atoms with Crippen LogP contribution in [0.4, 0.5) is 15.4 Å². The molecule has 2 aliphatic rings. The van der Waals surface area contributed by atoms with Crippen molar-refractivity contribution in [2.75, 3.05) is 43.9 Å². The van der Waals surface area contributed by atoms with Crippen molar-refractivity contribution in [1.29, 1.82) is 0 Å². The van der Waals surface area contributed by atoms with E-state index in [0.717, 1.165) is 11.2 Å². The molecule has 1 aromatic heterocycles. The summed E-state index contributed by atoms with van der Waals surface area (Å²) in [5.74, 6) is 0.185. The molecule has 11 heteroatoms. The number of carbonyl (C=O) groups excluding carboxylic acids is 3. The second kappa shape index (κ2) is 6.31. The van der Waals surface area contributed by atoms with Gasteiger partial charge in [0, 0.05) is 19.3 Å². The van der Waals surface area contributed by atoms with Crippen molar-refractivity contribution in [1.82, 2.24) is 19.1 Å². The Morgan fingerprint density at radius 3 is 2.44 bits per heavy atom. The van der Waals surface area contributed by atoms with Crippen LogP contribution < -0.4 is 4.90 Å². The van der Waals surface area contributed by atoms with Crippen molar-refractivity contribution in [2.45, 2.75) is 0 Å². The fourth-order valence-electron chi connectivity index (χ4n) is 2.76. The SMILES string of the molecule is CS(=O)(=O)N1CCN(C(=O)N2CCN(c3ccccn3)C(=O)C2)C1=O. The molecule has 3 heterocycles. The van der Waals surface area contributed by atoms with E-state index in [1.807, 2.05) is 0 Å². The maximum atomic E-state index is 12.5. The topological polar surface area (TPSA) is 111 Å². The first-order valence-electron chi connectivity index (χ1n) is 7.58. The predicted molar refractivity (Wildman–Crippen MR) is 87.2 cm³/mol. The van der Waals surface area contributed by atoms with Gasteiger partial charge in [0.25, 0.3) is 0 Å². The number of aromatic nitrogens is 1. The molecule has 0 N–H and O–H groups in total. The molecule has 0 aliphatic carbocycles. The monoisotopic (exact) mass is 367 g/mol. The van der Waals surface area contributed by atoms with Gasteiger partial charge >= 0.3 is 12.1 Å². The van der Waals surface area contributed by atoms with Gasteiger partial charge < -0.3 is 4.90 Å². The highest BCUT2D eigenvalue weighted by Crippen LogP contribution is 2.18. The Balaban J connectivity index is 1.68. The van der Waals surface area contributed by atoms with Gasteiger partial charge in [-0.2, -0.15) is 0 Å². The molecule has 0 radical (unpaired) electrons. The van der Waals surface area contributed by atoms with Gasteiger partial charge in [-0.15, -0.1) is 0 Å². The fraction of sp³-hybridized carbons (Fsp3) is 0.429. The van der Waals surface area contributed by atoms with Crippen LogP contribution in [0.1, 0.15) is 0 Å².